The van der Waals surface area contributed by atoms with Gasteiger partial charge in [-0.05, 0) is 25.1 Å². The van der Waals surface area contributed by atoms with E-state index < -0.39 is 0 Å². The Kier molecular flexibility index (Phi) is 3.42. The van der Waals surface area contributed by atoms with E-state index in [0.29, 0.717) is 24.7 Å². The third kappa shape index (κ3) is 2.52. The molecule has 0 spiro atoms. The first-order valence-corrected chi connectivity index (χ1v) is 7.64. The largest absolute Gasteiger partial charge is 0.485 e. The Labute approximate surface area is 133 Å². The van der Waals surface area contributed by atoms with E-state index in [2.05, 4.69) is 33.6 Å². The van der Waals surface area contributed by atoms with Crippen molar-refractivity contribution in [3.05, 3.63) is 36.5 Å². The van der Waals surface area contributed by atoms with Crippen LogP contribution in [0.1, 0.15) is 6.92 Å². The molecule has 0 amide bonds. The van der Waals surface area contributed by atoms with Crippen molar-refractivity contribution in [2.75, 3.05) is 30.4 Å². The second kappa shape index (κ2) is 5.72. The molecular formula is C17H17N4O2. The molecule has 3 aromatic rings. The van der Waals surface area contributed by atoms with Gasteiger partial charge in [-0.15, -0.1) is 0 Å². The first-order chi connectivity index (χ1) is 11.3. The highest BCUT2D eigenvalue weighted by Crippen LogP contribution is 2.38. The van der Waals surface area contributed by atoms with Crippen molar-refractivity contribution in [1.29, 1.82) is 0 Å². The molecule has 4 rings (SSSR count). The fourth-order valence-corrected chi connectivity index (χ4v) is 2.68. The van der Waals surface area contributed by atoms with Crippen LogP contribution < -0.4 is 20.1 Å². The number of aromatic nitrogens is 2. The van der Waals surface area contributed by atoms with Crippen molar-refractivity contribution >= 4 is 28.2 Å². The number of hydrogen-bond donors (Lipinski definition) is 3. The van der Waals surface area contributed by atoms with Gasteiger partial charge in [0.25, 0.3) is 0 Å². The number of benzene rings is 1. The van der Waals surface area contributed by atoms with E-state index in [9.17, 15) is 0 Å². The average molecular weight is 309 g/mol. The number of nitrogens with one attached hydrogen (secondary N) is 3. The van der Waals surface area contributed by atoms with Crippen LogP contribution in [0.25, 0.3) is 11.0 Å². The van der Waals surface area contributed by atoms with Crippen LogP contribution in [0.4, 0.5) is 17.2 Å². The number of aromatic amines is 1. The molecular weight excluding hydrogens is 292 g/mol. The van der Waals surface area contributed by atoms with Crippen LogP contribution in [-0.2, 0) is 0 Å². The van der Waals surface area contributed by atoms with Crippen LogP contribution in [0.2, 0.25) is 0 Å². The zero-order valence-corrected chi connectivity index (χ0v) is 12.8. The van der Waals surface area contributed by atoms with Gasteiger partial charge in [-0.3, -0.25) is 0 Å². The Balaban J connectivity index is 1.73. The minimum Gasteiger partial charge on any atom is -0.485 e. The molecule has 0 fully saturated rings. The van der Waals surface area contributed by atoms with E-state index in [1.54, 1.807) is 0 Å². The minimum absolute atomic E-state index is 0.533. The van der Waals surface area contributed by atoms with Gasteiger partial charge in [0.2, 0.25) is 0 Å². The molecule has 6 nitrogen and oxygen atoms in total. The topological polar surface area (TPSA) is 71.2 Å². The molecule has 1 radical (unpaired) electrons. The van der Waals surface area contributed by atoms with Crippen LogP contribution >= 0.6 is 0 Å². The van der Waals surface area contributed by atoms with E-state index in [1.807, 2.05) is 30.5 Å². The molecule has 2 aromatic heterocycles. The lowest BCUT2D eigenvalue weighted by Gasteiger charge is -2.21. The number of pyridine rings is 1. The first kappa shape index (κ1) is 13.8. The van der Waals surface area contributed by atoms with Gasteiger partial charge < -0.3 is 25.1 Å². The normalized spacial score (nSPS) is 13.1. The molecule has 117 valence electrons. The lowest BCUT2D eigenvalue weighted by molar-refractivity contribution is 0.172. The monoisotopic (exact) mass is 309 g/mol. The molecule has 3 N–H and O–H groups in total. The highest BCUT2D eigenvalue weighted by atomic mass is 16.6. The second-order valence-electron chi connectivity index (χ2n) is 5.20. The average Bonchev–Trinajstić information content (AvgIpc) is 3.04. The molecule has 1 aliphatic rings. The van der Waals surface area contributed by atoms with Crippen LogP contribution in [0.15, 0.2) is 30.5 Å². The number of fused-ring (bicyclic) bond motifs is 2. The van der Waals surface area contributed by atoms with Gasteiger partial charge in [0.15, 0.2) is 11.5 Å². The van der Waals surface area contributed by atoms with Crippen molar-refractivity contribution in [2.45, 2.75) is 6.92 Å². The van der Waals surface area contributed by atoms with E-state index in [4.69, 9.17) is 9.47 Å². The SMILES string of the molecule is CCNc1cc(Nc2cc[c]c3c2OCCO3)nc2[nH]ccc12. The summed E-state index contributed by atoms with van der Waals surface area (Å²) in [4.78, 5) is 7.76. The zero-order valence-electron chi connectivity index (χ0n) is 12.8. The Hall–Kier alpha value is -2.89. The lowest BCUT2D eigenvalue weighted by atomic mass is 10.2. The highest BCUT2D eigenvalue weighted by molar-refractivity contribution is 5.92. The van der Waals surface area contributed by atoms with Gasteiger partial charge in [0.1, 0.15) is 24.7 Å². The summed E-state index contributed by atoms with van der Waals surface area (Å²) in [7, 11) is 0. The van der Waals surface area contributed by atoms with Gasteiger partial charge in [-0.2, -0.15) is 0 Å². The van der Waals surface area contributed by atoms with Crippen LogP contribution in [0.3, 0.4) is 0 Å². The van der Waals surface area contributed by atoms with E-state index in [0.717, 1.165) is 34.8 Å². The molecule has 1 aromatic carbocycles. The van der Waals surface area contributed by atoms with E-state index >= 15 is 0 Å². The number of ether oxygens (including phenoxy) is 2. The van der Waals surface area contributed by atoms with E-state index in [1.165, 1.54) is 0 Å². The number of nitrogens with zero attached hydrogens (tertiary/aromatic N) is 1. The van der Waals surface area contributed by atoms with Gasteiger partial charge in [0.05, 0.1) is 5.69 Å². The molecule has 0 aliphatic carbocycles. The lowest BCUT2D eigenvalue weighted by Crippen LogP contribution is -2.16. The summed E-state index contributed by atoms with van der Waals surface area (Å²) in [6, 6.07) is 10.8. The van der Waals surface area contributed by atoms with Gasteiger partial charge in [-0.1, -0.05) is 0 Å². The summed E-state index contributed by atoms with van der Waals surface area (Å²) in [6.07, 6.45) is 1.89. The van der Waals surface area contributed by atoms with Crippen molar-refractivity contribution in [3.8, 4) is 11.5 Å². The summed E-state index contributed by atoms with van der Waals surface area (Å²) >= 11 is 0. The summed E-state index contributed by atoms with van der Waals surface area (Å²) in [5.74, 6) is 2.05. The van der Waals surface area contributed by atoms with Crippen molar-refractivity contribution in [1.82, 2.24) is 9.97 Å². The van der Waals surface area contributed by atoms with Crippen LogP contribution in [0, 0.1) is 6.07 Å². The second-order valence-corrected chi connectivity index (χ2v) is 5.20. The van der Waals surface area contributed by atoms with E-state index in [-0.39, 0.29) is 0 Å². The number of hydrogen-bond acceptors (Lipinski definition) is 5. The smallest absolute Gasteiger partial charge is 0.185 e. The summed E-state index contributed by atoms with van der Waals surface area (Å²) in [5, 5.41) is 7.75. The quantitative estimate of drug-likeness (QED) is 0.689. The maximum absolute atomic E-state index is 5.71. The van der Waals surface area contributed by atoms with Gasteiger partial charge in [0, 0.05) is 35.9 Å². The molecule has 0 unspecified atom stereocenters. The number of H-pyrrole nitrogens is 1. The van der Waals surface area contributed by atoms with Gasteiger partial charge in [-0.25, -0.2) is 4.98 Å². The Morgan fingerprint density at radius 3 is 3.09 bits per heavy atom. The highest BCUT2D eigenvalue weighted by Gasteiger charge is 2.17. The maximum Gasteiger partial charge on any atom is 0.185 e. The number of anilines is 3. The van der Waals surface area contributed by atoms with Crippen LogP contribution in [0.5, 0.6) is 11.5 Å². The predicted octanol–water partition coefficient (Wildman–Crippen LogP) is 3.31. The predicted molar refractivity (Wildman–Crippen MR) is 89.8 cm³/mol. The summed E-state index contributed by atoms with van der Waals surface area (Å²) in [6.45, 7) is 3.99. The Morgan fingerprint density at radius 1 is 1.26 bits per heavy atom. The molecule has 0 atom stereocenters. The summed E-state index contributed by atoms with van der Waals surface area (Å²) < 4.78 is 11.3. The maximum atomic E-state index is 5.71. The first-order valence-electron chi connectivity index (χ1n) is 7.64. The zero-order chi connectivity index (χ0) is 15.6. The summed E-state index contributed by atoms with van der Waals surface area (Å²) in [5.41, 5.74) is 2.69. The Morgan fingerprint density at radius 2 is 2.17 bits per heavy atom. The fourth-order valence-electron chi connectivity index (χ4n) is 2.68. The standard InChI is InChI=1S/C17H17N4O2/c1-2-18-13-10-15(21-17-11(13)6-7-19-17)20-12-4-3-5-14-16(12)23-9-8-22-14/h3-4,6-7,10H,2,8-9H2,1H3,(H3,18,19,20,21). The molecule has 1 aliphatic heterocycles. The Bertz CT molecular complexity index is 844. The molecule has 0 saturated carbocycles. The molecule has 23 heavy (non-hydrogen) atoms. The molecule has 6 heteroatoms. The molecule has 3 heterocycles. The van der Waals surface area contributed by atoms with Crippen molar-refractivity contribution in [3.63, 3.8) is 0 Å². The molecule has 0 bridgehead atoms. The minimum atomic E-state index is 0.533. The third-order valence-electron chi connectivity index (χ3n) is 3.65. The fraction of sp³-hybridized carbons (Fsp3) is 0.235. The number of rotatable bonds is 4. The van der Waals surface area contributed by atoms with Crippen molar-refractivity contribution in [2.24, 2.45) is 0 Å². The van der Waals surface area contributed by atoms with Crippen molar-refractivity contribution < 1.29 is 9.47 Å². The van der Waals surface area contributed by atoms with Crippen LogP contribution in [-0.4, -0.2) is 29.7 Å². The van der Waals surface area contributed by atoms with Gasteiger partial charge >= 0.3 is 0 Å². The third-order valence-corrected chi connectivity index (χ3v) is 3.65. The molecule has 0 saturated heterocycles.